The van der Waals surface area contributed by atoms with E-state index in [1.54, 1.807) is 0 Å². The van der Waals surface area contributed by atoms with Gasteiger partial charge in [-0.05, 0) is 0 Å². The summed E-state index contributed by atoms with van der Waals surface area (Å²) in [5.41, 5.74) is 4.50. The Morgan fingerprint density at radius 3 is 1.25 bits per heavy atom. The number of nitroso groups, excluding NO2 is 1. The molecule has 0 aliphatic carbocycles. The van der Waals surface area contributed by atoms with Crippen LogP contribution in [-0.4, -0.2) is 18.9 Å². The topological polar surface area (TPSA) is 40.9 Å². The molecule has 0 saturated carbocycles. The molecule has 0 fully saturated rings. The molecule has 0 aromatic heterocycles. The number of hydrogen-bond donors (Lipinski definition) is 1. The van der Waals surface area contributed by atoms with Gasteiger partial charge in [0.25, 0.3) is 0 Å². The molecule has 0 rings (SSSR count). The Morgan fingerprint density at radius 2 is 1.25 bits per heavy atom. The van der Waals surface area contributed by atoms with Gasteiger partial charge in [0.05, 0.1) is 0 Å². The molecule has 0 amide bonds. The molecule has 1 N–H and O–H groups in total. The Balaban J connectivity index is -0.00000000500. The standard InChI is InChI=1S/Li.HNO.H2S/c;1-2;/h;1H;1H2. The molecule has 0 spiro atoms. The van der Waals surface area contributed by atoms with Crippen molar-refractivity contribution in [1.29, 1.82) is 5.59 Å². The molecule has 2 nitrogen and oxygen atoms in total. The van der Waals surface area contributed by atoms with Crippen molar-refractivity contribution >= 4 is 32.4 Å². The fourth-order valence-electron chi connectivity index (χ4n) is 0. The predicted molar refractivity (Wildman–Crippen MR) is 22.2 cm³/mol. The van der Waals surface area contributed by atoms with E-state index in [0.717, 1.165) is 0 Å². The Morgan fingerprint density at radius 1 is 1.25 bits per heavy atom. The molecule has 0 atom stereocenters. The van der Waals surface area contributed by atoms with E-state index in [1.165, 1.54) is 0 Å². The van der Waals surface area contributed by atoms with Crippen LogP contribution in [0.5, 0.6) is 0 Å². The van der Waals surface area contributed by atoms with E-state index in [9.17, 15) is 0 Å². The van der Waals surface area contributed by atoms with Crippen molar-refractivity contribution in [2.45, 2.75) is 0 Å². The van der Waals surface area contributed by atoms with E-state index in [-0.39, 0.29) is 32.4 Å². The van der Waals surface area contributed by atoms with Crippen LogP contribution in [-0.2, 0) is 0 Å². The normalized spacial score (nSPS) is 1.00. The summed E-state index contributed by atoms with van der Waals surface area (Å²) in [5.74, 6) is 0. The van der Waals surface area contributed by atoms with Crippen molar-refractivity contribution in [1.82, 2.24) is 0 Å². The molecule has 0 heterocycles. The van der Waals surface area contributed by atoms with Gasteiger partial charge in [0.15, 0.2) is 0 Å². The van der Waals surface area contributed by atoms with Crippen LogP contribution in [0.15, 0.2) is 0 Å². The average Bonchev–Trinajstić information content (AvgIpc) is 1.00. The summed E-state index contributed by atoms with van der Waals surface area (Å²) in [5, 5.41) is 0. The molecular formula is H3LiNOS. The van der Waals surface area contributed by atoms with Gasteiger partial charge >= 0.3 is 0 Å². The first-order valence-electron chi connectivity index (χ1n) is 0.204. The zero-order chi connectivity index (χ0) is 2.00. The van der Waals surface area contributed by atoms with Crippen LogP contribution in [0.1, 0.15) is 0 Å². The van der Waals surface area contributed by atoms with Crippen LogP contribution in [0.4, 0.5) is 0 Å². The Kier molecular flexibility index (Phi) is 459. The van der Waals surface area contributed by atoms with E-state index in [0.29, 0.717) is 0 Å². The van der Waals surface area contributed by atoms with Crippen molar-refractivity contribution in [3.05, 3.63) is 4.91 Å². The van der Waals surface area contributed by atoms with E-state index < -0.39 is 0 Å². The van der Waals surface area contributed by atoms with E-state index in [2.05, 4.69) is 5.59 Å². The number of hydrogen-bond acceptors (Lipinski definition) is 2. The van der Waals surface area contributed by atoms with Gasteiger partial charge in [-0.3, -0.25) is 0 Å². The molecule has 0 bridgehead atoms. The van der Waals surface area contributed by atoms with Crippen LogP contribution < -0.4 is 0 Å². The Labute approximate surface area is 43.3 Å². The fourth-order valence-corrected chi connectivity index (χ4v) is 0. The average molecular weight is 72.0 g/mol. The number of rotatable bonds is 0. The minimum Gasteiger partial charge on any atom is -0.197 e. The van der Waals surface area contributed by atoms with Crippen LogP contribution in [0, 0.1) is 10.5 Å². The Bertz CT molecular complexity index is 8.00. The van der Waals surface area contributed by atoms with Crippen LogP contribution in [0.2, 0.25) is 0 Å². The molecule has 0 unspecified atom stereocenters. The zero-order valence-electron chi connectivity index (χ0n) is 2.41. The molecule has 0 aliphatic rings. The Hall–Kier alpha value is 0.547. The molecule has 0 aromatic carbocycles. The van der Waals surface area contributed by atoms with Crippen LogP contribution in [0.3, 0.4) is 0 Å². The van der Waals surface area contributed by atoms with Crippen molar-refractivity contribution in [2.24, 2.45) is 0 Å². The van der Waals surface area contributed by atoms with Gasteiger partial charge < -0.3 is 0 Å². The minimum absolute atomic E-state index is 0. The van der Waals surface area contributed by atoms with Gasteiger partial charge in [-0.25, -0.2) is 0 Å². The number of nitrogens with one attached hydrogen (secondary N) is 1. The van der Waals surface area contributed by atoms with Gasteiger partial charge in [0.1, 0.15) is 0 Å². The quantitative estimate of drug-likeness (QED) is 0.319. The van der Waals surface area contributed by atoms with Gasteiger partial charge in [-0.15, -0.1) is 0 Å². The SMILES string of the molecule is N=O.S.[Li]. The predicted octanol–water partition coefficient (Wildman–Crippen LogP) is 0.0636. The van der Waals surface area contributed by atoms with Crippen molar-refractivity contribution in [3.8, 4) is 0 Å². The molecule has 4 heteroatoms. The van der Waals surface area contributed by atoms with Crippen molar-refractivity contribution in [2.75, 3.05) is 0 Å². The summed E-state index contributed by atoms with van der Waals surface area (Å²) >= 11 is 0. The first-order chi connectivity index (χ1) is 1.00. The summed E-state index contributed by atoms with van der Waals surface area (Å²) in [6.45, 7) is 0. The molecule has 0 saturated heterocycles. The monoisotopic (exact) mass is 72.0 g/mol. The molecule has 0 aromatic rings. The largest absolute Gasteiger partial charge is 0.197 e. The third kappa shape index (κ3) is 20.4. The van der Waals surface area contributed by atoms with Crippen molar-refractivity contribution in [3.63, 3.8) is 0 Å². The second-order valence-electron chi connectivity index (χ2n) is 0. The van der Waals surface area contributed by atoms with Gasteiger partial charge in [-0.1, -0.05) is 5.59 Å². The van der Waals surface area contributed by atoms with E-state index >= 15 is 0 Å². The maximum Gasteiger partial charge on any atom is 0 e. The van der Waals surface area contributed by atoms with Crippen molar-refractivity contribution < 1.29 is 0 Å². The zero-order valence-corrected chi connectivity index (χ0v) is 3.41. The molecule has 4 heavy (non-hydrogen) atoms. The summed E-state index contributed by atoms with van der Waals surface area (Å²) in [6.07, 6.45) is 0. The smallest absolute Gasteiger partial charge is 0 e. The fraction of sp³-hybridized carbons (Fsp3) is 0. The first kappa shape index (κ1) is 23.9. The first-order valence-corrected chi connectivity index (χ1v) is 0.204. The summed E-state index contributed by atoms with van der Waals surface area (Å²) in [4.78, 5) is 7.50. The maximum absolute atomic E-state index is 7.50. The molecule has 21 valence electrons. The van der Waals surface area contributed by atoms with Gasteiger partial charge in [0.2, 0.25) is 0 Å². The van der Waals surface area contributed by atoms with E-state index in [4.69, 9.17) is 4.91 Å². The van der Waals surface area contributed by atoms with Gasteiger partial charge in [0, 0.05) is 18.9 Å². The third-order valence-electron chi connectivity index (χ3n) is 0. The van der Waals surface area contributed by atoms with Gasteiger partial charge in [-0.2, -0.15) is 18.4 Å². The minimum atomic E-state index is 0. The second-order valence-corrected chi connectivity index (χ2v) is 0. The second kappa shape index (κ2) is 76.8. The summed E-state index contributed by atoms with van der Waals surface area (Å²) in [6, 6.07) is 0. The maximum atomic E-state index is 7.50. The third-order valence-corrected chi connectivity index (χ3v) is 0. The van der Waals surface area contributed by atoms with E-state index in [1.807, 2.05) is 0 Å². The summed E-state index contributed by atoms with van der Waals surface area (Å²) < 4.78 is 0. The molecular weight excluding hydrogens is 69.0 g/mol. The summed E-state index contributed by atoms with van der Waals surface area (Å²) in [7, 11) is 0. The van der Waals surface area contributed by atoms with Crippen LogP contribution in [0.25, 0.3) is 0 Å². The molecule has 1 radical (unpaired) electrons. The molecule has 0 aliphatic heterocycles. The van der Waals surface area contributed by atoms with Crippen LogP contribution >= 0.6 is 13.5 Å².